The van der Waals surface area contributed by atoms with Gasteiger partial charge < -0.3 is 10.2 Å². The van der Waals surface area contributed by atoms with Crippen molar-refractivity contribution in [1.29, 1.82) is 0 Å². The van der Waals surface area contributed by atoms with Gasteiger partial charge in [0.1, 0.15) is 0 Å². The minimum atomic E-state index is 0.0538. The third kappa shape index (κ3) is 4.29. The van der Waals surface area contributed by atoms with Crippen molar-refractivity contribution in [2.75, 3.05) is 33.2 Å². The maximum Gasteiger partial charge on any atom is 0.227 e. The van der Waals surface area contributed by atoms with E-state index in [1.165, 1.54) is 5.56 Å². The lowest BCUT2D eigenvalue weighted by molar-refractivity contribution is -0.139. The highest BCUT2D eigenvalue weighted by molar-refractivity contribution is 5.79. The highest BCUT2D eigenvalue weighted by Crippen LogP contribution is 2.15. The van der Waals surface area contributed by atoms with Crippen molar-refractivity contribution in [1.82, 2.24) is 15.1 Å². The van der Waals surface area contributed by atoms with Crippen LogP contribution in [0.2, 0.25) is 0 Å². The molecule has 0 saturated carbocycles. The van der Waals surface area contributed by atoms with Gasteiger partial charge in [0.15, 0.2) is 0 Å². The lowest BCUT2D eigenvalue weighted by Crippen LogP contribution is -2.55. The number of hydrogen-bond acceptors (Lipinski definition) is 3. The molecule has 1 fully saturated rings. The summed E-state index contributed by atoms with van der Waals surface area (Å²) in [6.45, 7) is 8.61. The standard InChI is InChI=1S/C17H27N3O/c1-14(11-18-3)17(21)20-10-9-19(12-15(20)2)13-16-7-5-4-6-8-16/h4-8,14-15,18H,9-13H2,1-3H3. The molecule has 0 aliphatic carbocycles. The molecule has 4 nitrogen and oxygen atoms in total. The van der Waals surface area contributed by atoms with Gasteiger partial charge in [-0.05, 0) is 19.5 Å². The first-order valence-electron chi connectivity index (χ1n) is 7.83. The Bertz CT molecular complexity index is 449. The van der Waals surface area contributed by atoms with E-state index in [0.29, 0.717) is 0 Å². The molecule has 0 aromatic heterocycles. The summed E-state index contributed by atoms with van der Waals surface area (Å²) in [5, 5.41) is 3.09. The fourth-order valence-corrected chi connectivity index (χ4v) is 3.02. The highest BCUT2D eigenvalue weighted by Gasteiger charge is 2.29. The molecule has 0 spiro atoms. The summed E-state index contributed by atoms with van der Waals surface area (Å²) in [6.07, 6.45) is 0. The van der Waals surface area contributed by atoms with E-state index in [2.05, 4.69) is 41.4 Å². The first kappa shape index (κ1) is 16.0. The minimum absolute atomic E-state index is 0.0538. The van der Waals surface area contributed by atoms with Crippen molar-refractivity contribution in [3.05, 3.63) is 35.9 Å². The van der Waals surface area contributed by atoms with Crippen molar-refractivity contribution < 1.29 is 4.79 Å². The van der Waals surface area contributed by atoms with Gasteiger partial charge in [0.25, 0.3) is 0 Å². The van der Waals surface area contributed by atoms with Gasteiger partial charge in [-0.1, -0.05) is 37.3 Å². The topological polar surface area (TPSA) is 35.6 Å². The monoisotopic (exact) mass is 289 g/mol. The van der Waals surface area contributed by atoms with Gasteiger partial charge in [-0.2, -0.15) is 0 Å². The van der Waals surface area contributed by atoms with E-state index in [-0.39, 0.29) is 17.9 Å². The molecule has 1 N–H and O–H groups in total. The van der Waals surface area contributed by atoms with Crippen LogP contribution in [0.3, 0.4) is 0 Å². The molecule has 1 aromatic rings. The first-order chi connectivity index (χ1) is 10.1. The Balaban J connectivity index is 1.88. The maximum atomic E-state index is 12.4. The van der Waals surface area contributed by atoms with Crippen molar-refractivity contribution >= 4 is 5.91 Å². The molecule has 0 bridgehead atoms. The van der Waals surface area contributed by atoms with Crippen LogP contribution in [0.25, 0.3) is 0 Å². The van der Waals surface area contributed by atoms with Crippen LogP contribution in [0.4, 0.5) is 0 Å². The molecule has 1 aliphatic heterocycles. The van der Waals surface area contributed by atoms with Gasteiger partial charge in [-0.15, -0.1) is 0 Å². The summed E-state index contributed by atoms with van der Waals surface area (Å²) >= 11 is 0. The number of benzene rings is 1. The molecule has 1 saturated heterocycles. The summed E-state index contributed by atoms with van der Waals surface area (Å²) in [7, 11) is 1.89. The van der Waals surface area contributed by atoms with Crippen molar-refractivity contribution in [3.63, 3.8) is 0 Å². The summed E-state index contributed by atoms with van der Waals surface area (Å²) in [4.78, 5) is 16.9. The number of rotatable bonds is 5. The molecule has 1 amide bonds. The lowest BCUT2D eigenvalue weighted by Gasteiger charge is -2.41. The summed E-state index contributed by atoms with van der Waals surface area (Å²) in [5.74, 6) is 0.328. The quantitative estimate of drug-likeness (QED) is 0.894. The molecule has 1 aliphatic rings. The SMILES string of the molecule is CNCC(C)C(=O)N1CCN(Cc2ccccc2)CC1C. The fourth-order valence-electron chi connectivity index (χ4n) is 3.02. The molecule has 2 unspecified atom stereocenters. The van der Waals surface area contributed by atoms with Crippen molar-refractivity contribution in [3.8, 4) is 0 Å². The Labute approximate surface area is 128 Å². The fraction of sp³-hybridized carbons (Fsp3) is 0.588. The number of carbonyl (C=O) groups is 1. The van der Waals surface area contributed by atoms with Crippen LogP contribution in [0.15, 0.2) is 30.3 Å². The van der Waals surface area contributed by atoms with Gasteiger partial charge in [0.2, 0.25) is 5.91 Å². The zero-order valence-electron chi connectivity index (χ0n) is 13.4. The Morgan fingerprint density at radius 2 is 2.05 bits per heavy atom. The van der Waals surface area contributed by atoms with Crippen LogP contribution >= 0.6 is 0 Å². The predicted molar refractivity (Wildman–Crippen MR) is 86.0 cm³/mol. The second kappa shape index (κ2) is 7.57. The van der Waals surface area contributed by atoms with Crippen LogP contribution in [0.5, 0.6) is 0 Å². The first-order valence-corrected chi connectivity index (χ1v) is 7.83. The minimum Gasteiger partial charge on any atom is -0.337 e. The number of hydrogen-bond donors (Lipinski definition) is 1. The second-order valence-electron chi connectivity index (χ2n) is 6.06. The van der Waals surface area contributed by atoms with E-state index in [1.54, 1.807) is 0 Å². The van der Waals surface area contributed by atoms with Crippen LogP contribution in [0.1, 0.15) is 19.4 Å². The molecule has 2 atom stereocenters. The summed E-state index contributed by atoms with van der Waals surface area (Å²) < 4.78 is 0. The van der Waals surface area contributed by atoms with Crippen LogP contribution in [0, 0.1) is 5.92 Å². The zero-order chi connectivity index (χ0) is 15.2. The summed E-state index contributed by atoms with van der Waals surface area (Å²) in [6, 6.07) is 10.8. The van der Waals surface area contributed by atoms with Crippen LogP contribution in [-0.4, -0.2) is 55.0 Å². The lowest BCUT2D eigenvalue weighted by atomic mass is 10.1. The van der Waals surface area contributed by atoms with E-state index >= 15 is 0 Å². The van der Waals surface area contributed by atoms with Gasteiger partial charge >= 0.3 is 0 Å². The average molecular weight is 289 g/mol. The third-order valence-electron chi connectivity index (χ3n) is 4.18. The van der Waals surface area contributed by atoms with E-state index in [1.807, 2.05) is 24.9 Å². The molecule has 2 rings (SSSR count). The number of amides is 1. The van der Waals surface area contributed by atoms with Crippen molar-refractivity contribution in [2.45, 2.75) is 26.4 Å². The molecular formula is C17H27N3O. The third-order valence-corrected chi connectivity index (χ3v) is 4.18. The van der Waals surface area contributed by atoms with E-state index in [9.17, 15) is 4.79 Å². The Morgan fingerprint density at radius 1 is 1.33 bits per heavy atom. The maximum absolute atomic E-state index is 12.4. The van der Waals surface area contributed by atoms with E-state index < -0.39 is 0 Å². The van der Waals surface area contributed by atoms with Crippen LogP contribution < -0.4 is 5.32 Å². The van der Waals surface area contributed by atoms with Gasteiger partial charge in [-0.25, -0.2) is 0 Å². The highest BCUT2D eigenvalue weighted by atomic mass is 16.2. The molecular weight excluding hydrogens is 262 g/mol. The Morgan fingerprint density at radius 3 is 2.67 bits per heavy atom. The molecule has 1 aromatic carbocycles. The zero-order valence-corrected chi connectivity index (χ0v) is 13.4. The Hall–Kier alpha value is -1.39. The molecule has 1 heterocycles. The van der Waals surface area contributed by atoms with Gasteiger partial charge in [-0.3, -0.25) is 9.69 Å². The normalized spacial score (nSPS) is 21.3. The molecule has 116 valence electrons. The molecule has 21 heavy (non-hydrogen) atoms. The predicted octanol–water partition coefficient (Wildman–Crippen LogP) is 1.57. The largest absolute Gasteiger partial charge is 0.337 e. The average Bonchev–Trinajstić information content (AvgIpc) is 2.48. The molecule has 4 heteroatoms. The van der Waals surface area contributed by atoms with Crippen molar-refractivity contribution in [2.24, 2.45) is 5.92 Å². The second-order valence-corrected chi connectivity index (χ2v) is 6.06. The number of nitrogens with zero attached hydrogens (tertiary/aromatic N) is 2. The van der Waals surface area contributed by atoms with E-state index in [0.717, 1.165) is 32.7 Å². The van der Waals surface area contributed by atoms with Gasteiger partial charge in [0, 0.05) is 44.7 Å². The summed E-state index contributed by atoms with van der Waals surface area (Å²) in [5.41, 5.74) is 1.34. The Kier molecular flexibility index (Phi) is 5.76. The van der Waals surface area contributed by atoms with Gasteiger partial charge in [0.05, 0.1) is 0 Å². The number of carbonyl (C=O) groups excluding carboxylic acids is 1. The number of piperazine rings is 1. The smallest absolute Gasteiger partial charge is 0.227 e. The van der Waals surface area contributed by atoms with Crippen LogP contribution in [-0.2, 0) is 11.3 Å². The van der Waals surface area contributed by atoms with E-state index in [4.69, 9.17) is 0 Å². The molecule has 0 radical (unpaired) electrons. The number of nitrogens with one attached hydrogen (secondary N) is 1.